The summed E-state index contributed by atoms with van der Waals surface area (Å²) in [6.07, 6.45) is 0. The van der Waals surface area contributed by atoms with Gasteiger partial charge in [0.1, 0.15) is 5.75 Å². The quantitative estimate of drug-likeness (QED) is 0.907. The lowest BCUT2D eigenvalue weighted by Crippen LogP contribution is -2.34. The van der Waals surface area contributed by atoms with Crippen molar-refractivity contribution < 1.29 is 14.6 Å². The normalized spacial score (nSPS) is 18.3. The number of carboxylic acids is 1. The van der Waals surface area contributed by atoms with Crippen LogP contribution in [0.25, 0.3) is 0 Å². The lowest BCUT2D eigenvalue weighted by atomic mass is 9.75. The van der Waals surface area contributed by atoms with E-state index in [9.17, 15) is 9.90 Å². The molecular weight excluding hydrogens is 242 g/mol. The smallest absolute Gasteiger partial charge is 0.309 e. The Balaban J connectivity index is 2.56. The third-order valence-corrected chi connectivity index (χ3v) is 4.16. The molecule has 0 spiro atoms. The highest BCUT2D eigenvalue weighted by molar-refractivity contribution is 5.78. The fraction of sp³-hybridized carbons (Fsp3) is 0.533. The number of carboxylic acid groups (broad SMARTS) is 1. The Hall–Kier alpha value is -1.71. The van der Waals surface area contributed by atoms with Crippen molar-refractivity contribution in [2.24, 2.45) is 5.41 Å². The number of methoxy groups -OCH3 is 1. The van der Waals surface area contributed by atoms with E-state index in [1.807, 2.05) is 18.2 Å². The summed E-state index contributed by atoms with van der Waals surface area (Å²) in [5.41, 5.74) is 1.31. The minimum absolute atomic E-state index is 0.0592. The molecule has 19 heavy (non-hydrogen) atoms. The first-order valence-corrected chi connectivity index (χ1v) is 6.58. The Labute approximate surface area is 114 Å². The Kier molecular flexibility index (Phi) is 3.43. The molecule has 1 aliphatic rings. The predicted octanol–water partition coefficient (Wildman–Crippen LogP) is 2.73. The number of hydrogen-bond acceptors (Lipinski definition) is 3. The number of rotatable bonds is 4. The fourth-order valence-corrected chi connectivity index (χ4v) is 2.78. The molecule has 104 valence electrons. The fourth-order valence-electron chi connectivity index (χ4n) is 2.78. The molecule has 0 radical (unpaired) electrons. The van der Waals surface area contributed by atoms with Gasteiger partial charge in [0.15, 0.2) is 0 Å². The van der Waals surface area contributed by atoms with Crippen molar-refractivity contribution >= 4 is 11.7 Å². The van der Waals surface area contributed by atoms with Gasteiger partial charge in [0, 0.05) is 30.3 Å². The molecular formula is C15H21NO3. The number of aliphatic carboxylic acids is 1. The summed E-state index contributed by atoms with van der Waals surface area (Å²) in [6, 6.07) is 5.90. The minimum atomic E-state index is -0.812. The van der Waals surface area contributed by atoms with E-state index < -0.39 is 11.4 Å². The number of nitrogens with zero attached hydrogens (tertiary/aromatic N) is 1. The van der Waals surface area contributed by atoms with Gasteiger partial charge in [-0.2, -0.15) is 0 Å². The molecule has 0 bridgehead atoms. The van der Waals surface area contributed by atoms with Crippen molar-refractivity contribution in [2.45, 2.75) is 26.7 Å². The maximum absolute atomic E-state index is 11.6. The number of carbonyl (C=O) groups is 1. The first kappa shape index (κ1) is 13.7. The molecule has 0 saturated carbocycles. The Morgan fingerprint density at radius 1 is 1.53 bits per heavy atom. The van der Waals surface area contributed by atoms with Crippen LogP contribution in [-0.4, -0.2) is 31.3 Å². The summed E-state index contributed by atoms with van der Waals surface area (Å²) in [5, 5.41) is 9.49. The highest BCUT2D eigenvalue weighted by Gasteiger charge is 2.45. The number of hydrogen-bond donors (Lipinski definition) is 1. The van der Waals surface area contributed by atoms with Crippen LogP contribution in [0.3, 0.4) is 0 Å². The molecule has 1 atom stereocenters. The van der Waals surface area contributed by atoms with Gasteiger partial charge in [-0.25, -0.2) is 0 Å². The van der Waals surface area contributed by atoms with E-state index >= 15 is 0 Å². The van der Waals surface area contributed by atoms with E-state index in [0.717, 1.165) is 30.1 Å². The van der Waals surface area contributed by atoms with E-state index in [1.165, 1.54) is 0 Å². The average molecular weight is 263 g/mol. The largest absolute Gasteiger partial charge is 0.496 e. The van der Waals surface area contributed by atoms with Crippen molar-refractivity contribution in [3.8, 4) is 5.75 Å². The minimum Gasteiger partial charge on any atom is -0.496 e. The highest BCUT2D eigenvalue weighted by atomic mass is 16.5. The molecule has 0 saturated heterocycles. The molecule has 2 rings (SSSR count). The number of likely N-dealkylation sites (N-methyl/N-ethyl adjacent to an activating group) is 1. The Morgan fingerprint density at radius 2 is 2.21 bits per heavy atom. The molecule has 1 aromatic carbocycles. The van der Waals surface area contributed by atoms with Crippen LogP contribution in [-0.2, 0) is 4.79 Å². The lowest BCUT2D eigenvalue weighted by molar-refractivity contribution is -0.148. The van der Waals surface area contributed by atoms with Gasteiger partial charge in [0.05, 0.1) is 12.5 Å². The molecule has 0 aliphatic carbocycles. The van der Waals surface area contributed by atoms with Crippen molar-refractivity contribution in [1.29, 1.82) is 0 Å². The van der Waals surface area contributed by atoms with Gasteiger partial charge in [-0.15, -0.1) is 0 Å². The molecule has 1 unspecified atom stereocenters. The number of benzene rings is 1. The standard InChI is InChI=1S/C15H21NO3/c1-5-16-9-10(15(2,3)14(17)18)13-11(16)7-6-8-12(13)19-4/h6-8,10H,5,9H2,1-4H3,(H,17,18). The van der Waals surface area contributed by atoms with Crippen LogP contribution < -0.4 is 9.64 Å². The van der Waals surface area contributed by atoms with E-state index in [-0.39, 0.29) is 5.92 Å². The summed E-state index contributed by atoms with van der Waals surface area (Å²) < 4.78 is 5.44. The zero-order valence-corrected chi connectivity index (χ0v) is 11.9. The van der Waals surface area contributed by atoms with E-state index in [1.54, 1.807) is 21.0 Å². The Bertz CT molecular complexity index is 496. The second kappa shape index (κ2) is 4.76. The monoisotopic (exact) mass is 263 g/mol. The van der Waals surface area contributed by atoms with Gasteiger partial charge < -0.3 is 14.7 Å². The summed E-state index contributed by atoms with van der Waals surface area (Å²) in [5.74, 6) is -0.0452. The van der Waals surface area contributed by atoms with Crippen LogP contribution in [0.15, 0.2) is 18.2 Å². The van der Waals surface area contributed by atoms with Crippen LogP contribution in [0, 0.1) is 5.41 Å². The zero-order chi connectivity index (χ0) is 14.2. The van der Waals surface area contributed by atoms with Crippen molar-refractivity contribution in [3.05, 3.63) is 23.8 Å². The highest BCUT2D eigenvalue weighted by Crippen LogP contribution is 2.49. The molecule has 0 amide bonds. The van der Waals surface area contributed by atoms with E-state index in [4.69, 9.17) is 4.74 Å². The van der Waals surface area contributed by atoms with Crippen LogP contribution >= 0.6 is 0 Å². The molecule has 0 aromatic heterocycles. The van der Waals surface area contributed by atoms with Crippen molar-refractivity contribution in [1.82, 2.24) is 0 Å². The molecule has 1 aromatic rings. The topological polar surface area (TPSA) is 49.8 Å². The average Bonchev–Trinajstić information content (AvgIpc) is 2.77. The number of ether oxygens (including phenoxy) is 1. The Morgan fingerprint density at radius 3 is 2.74 bits per heavy atom. The summed E-state index contributed by atoms with van der Waals surface area (Å²) >= 11 is 0. The second-order valence-electron chi connectivity index (χ2n) is 5.51. The van der Waals surface area contributed by atoms with Gasteiger partial charge in [-0.1, -0.05) is 6.07 Å². The third-order valence-electron chi connectivity index (χ3n) is 4.16. The second-order valence-corrected chi connectivity index (χ2v) is 5.51. The summed E-state index contributed by atoms with van der Waals surface area (Å²) in [6.45, 7) is 7.25. The van der Waals surface area contributed by atoms with Gasteiger partial charge in [0.25, 0.3) is 0 Å². The van der Waals surface area contributed by atoms with Crippen molar-refractivity contribution in [2.75, 3.05) is 25.1 Å². The maximum atomic E-state index is 11.6. The predicted molar refractivity (Wildman–Crippen MR) is 75.0 cm³/mol. The van der Waals surface area contributed by atoms with Gasteiger partial charge in [0.2, 0.25) is 0 Å². The van der Waals surface area contributed by atoms with Crippen LogP contribution in [0.4, 0.5) is 5.69 Å². The SMILES string of the molecule is CCN1CC(C(C)(C)C(=O)O)c2c(OC)cccc21. The van der Waals surface area contributed by atoms with Crippen LogP contribution in [0.1, 0.15) is 32.3 Å². The number of anilines is 1. The lowest BCUT2D eigenvalue weighted by Gasteiger charge is -2.28. The number of fused-ring (bicyclic) bond motifs is 1. The van der Waals surface area contributed by atoms with Crippen LogP contribution in [0.2, 0.25) is 0 Å². The van der Waals surface area contributed by atoms with Gasteiger partial charge in [-0.05, 0) is 32.9 Å². The molecule has 0 fully saturated rings. The molecule has 1 N–H and O–H groups in total. The van der Waals surface area contributed by atoms with Gasteiger partial charge in [-0.3, -0.25) is 4.79 Å². The first-order chi connectivity index (χ1) is 8.93. The van der Waals surface area contributed by atoms with Gasteiger partial charge >= 0.3 is 5.97 Å². The molecule has 4 nitrogen and oxygen atoms in total. The molecule has 1 aliphatic heterocycles. The molecule has 1 heterocycles. The van der Waals surface area contributed by atoms with Crippen molar-refractivity contribution in [3.63, 3.8) is 0 Å². The zero-order valence-electron chi connectivity index (χ0n) is 11.9. The summed E-state index contributed by atoms with van der Waals surface area (Å²) in [4.78, 5) is 13.8. The third kappa shape index (κ3) is 2.05. The summed E-state index contributed by atoms with van der Waals surface area (Å²) in [7, 11) is 1.63. The van der Waals surface area contributed by atoms with Crippen LogP contribution in [0.5, 0.6) is 5.75 Å². The van der Waals surface area contributed by atoms with E-state index in [2.05, 4.69) is 11.8 Å². The maximum Gasteiger partial charge on any atom is 0.309 e. The molecule has 4 heteroatoms. The van der Waals surface area contributed by atoms with E-state index in [0.29, 0.717) is 0 Å². The first-order valence-electron chi connectivity index (χ1n) is 6.58.